The van der Waals surface area contributed by atoms with Crippen LogP contribution in [0.2, 0.25) is 0 Å². The van der Waals surface area contributed by atoms with Crippen molar-refractivity contribution in [3.05, 3.63) is 29.3 Å². The minimum Gasteiger partial charge on any atom is -0.490 e. The average Bonchev–Trinajstić information content (AvgIpc) is 2.41. The van der Waals surface area contributed by atoms with Crippen molar-refractivity contribution in [2.75, 3.05) is 32.9 Å². The molecule has 112 valence electrons. The second-order valence-corrected chi connectivity index (χ2v) is 5.60. The lowest BCUT2D eigenvalue weighted by molar-refractivity contribution is -0.0266. The number of β-amino-alcohol motifs (C(OH)–C–C–N with tert-alkyl or cyclic N) is 1. The van der Waals surface area contributed by atoms with Crippen molar-refractivity contribution in [3.63, 3.8) is 0 Å². The van der Waals surface area contributed by atoms with Gasteiger partial charge in [0.15, 0.2) is 0 Å². The zero-order valence-electron chi connectivity index (χ0n) is 12.6. The predicted molar refractivity (Wildman–Crippen MR) is 79.3 cm³/mol. The highest BCUT2D eigenvalue weighted by atomic mass is 16.5. The summed E-state index contributed by atoms with van der Waals surface area (Å²) in [6.45, 7) is 9.50. The first kappa shape index (κ1) is 15.3. The summed E-state index contributed by atoms with van der Waals surface area (Å²) in [6.07, 6.45) is -0.477. The highest BCUT2D eigenvalue weighted by molar-refractivity contribution is 5.39. The molecule has 1 aliphatic rings. The molecule has 1 saturated heterocycles. The van der Waals surface area contributed by atoms with Gasteiger partial charge in [-0.1, -0.05) is 18.2 Å². The Morgan fingerprint density at radius 2 is 2.10 bits per heavy atom. The van der Waals surface area contributed by atoms with Crippen molar-refractivity contribution in [3.8, 4) is 5.75 Å². The first-order chi connectivity index (χ1) is 9.58. The van der Waals surface area contributed by atoms with Gasteiger partial charge in [0.05, 0.1) is 13.2 Å². The van der Waals surface area contributed by atoms with Gasteiger partial charge in [-0.15, -0.1) is 0 Å². The monoisotopic (exact) mass is 279 g/mol. The zero-order chi connectivity index (χ0) is 14.5. The Kier molecular flexibility index (Phi) is 5.40. The van der Waals surface area contributed by atoms with E-state index in [0.717, 1.165) is 36.6 Å². The molecule has 0 aromatic heterocycles. The molecule has 1 aromatic rings. The Morgan fingerprint density at radius 1 is 1.40 bits per heavy atom. The topological polar surface area (TPSA) is 41.9 Å². The summed E-state index contributed by atoms with van der Waals surface area (Å²) in [7, 11) is 0. The van der Waals surface area contributed by atoms with Crippen LogP contribution in [-0.4, -0.2) is 55.1 Å². The lowest BCUT2D eigenvalue weighted by atomic mass is 10.1. The van der Waals surface area contributed by atoms with Crippen LogP contribution in [0.3, 0.4) is 0 Å². The number of benzene rings is 1. The third kappa shape index (κ3) is 3.95. The number of aliphatic hydroxyl groups excluding tert-OH is 1. The second kappa shape index (κ2) is 7.07. The van der Waals surface area contributed by atoms with Crippen LogP contribution in [0, 0.1) is 13.8 Å². The van der Waals surface area contributed by atoms with Gasteiger partial charge >= 0.3 is 0 Å². The van der Waals surface area contributed by atoms with Crippen LogP contribution in [0.25, 0.3) is 0 Å². The largest absolute Gasteiger partial charge is 0.490 e. The quantitative estimate of drug-likeness (QED) is 0.892. The Balaban J connectivity index is 1.84. The lowest BCUT2D eigenvalue weighted by Crippen LogP contribution is -2.47. The molecule has 1 aliphatic heterocycles. The van der Waals surface area contributed by atoms with Crippen LogP contribution in [0.4, 0.5) is 0 Å². The van der Waals surface area contributed by atoms with Crippen molar-refractivity contribution < 1.29 is 14.6 Å². The summed E-state index contributed by atoms with van der Waals surface area (Å²) in [5, 5.41) is 10.2. The molecular weight excluding hydrogens is 254 g/mol. The molecule has 20 heavy (non-hydrogen) atoms. The normalized spacial score (nSPS) is 21.7. The van der Waals surface area contributed by atoms with Gasteiger partial charge in [-0.3, -0.25) is 4.90 Å². The molecule has 1 heterocycles. The van der Waals surface area contributed by atoms with Crippen molar-refractivity contribution in [2.45, 2.75) is 32.9 Å². The fraction of sp³-hybridized carbons (Fsp3) is 0.625. The van der Waals surface area contributed by atoms with E-state index in [2.05, 4.69) is 11.8 Å². The van der Waals surface area contributed by atoms with E-state index in [9.17, 15) is 5.11 Å². The van der Waals surface area contributed by atoms with Crippen LogP contribution in [0.1, 0.15) is 18.1 Å². The van der Waals surface area contributed by atoms with Crippen LogP contribution < -0.4 is 4.74 Å². The van der Waals surface area contributed by atoms with Crippen molar-refractivity contribution in [1.82, 2.24) is 4.90 Å². The number of morpholine rings is 1. The Labute approximate surface area is 121 Å². The highest BCUT2D eigenvalue weighted by Crippen LogP contribution is 2.22. The standard InChI is InChI=1S/C16H25NO3/c1-12-5-4-6-13(2)16(12)20-11-15(18)9-17-7-8-19-10-14(17)3/h4-6,14-15,18H,7-11H2,1-3H3. The number of hydrogen-bond acceptors (Lipinski definition) is 4. The Hall–Kier alpha value is -1.10. The first-order valence-corrected chi connectivity index (χ1v) is 7.27. The Bertz CT molecular complexity index is 415. The van der Waals surface area contributed by atoms with Gasteiger partial charge in [0.1, 0.15) is 18.5 Å². The average molecular weight is 279 g/mol. The van der Waals surface area contributed by atoms with Crippen LogP contribution >= 0.6 is 0 Å². The van der Waals surface area contributed by atoms with Crippen LogP contribution in [0.5, 0.6) is 5.75 Å². The van der Waals surface area contributed by atoms with Gasteiger partial charge < -0.3 is 14.6 Å². The maximum Gasteiger partial charge on any atom is 0.125 e. The number of ether oxygens (including phenoxy) is 2. The number of hydrogen-bond donors (Lipinski definition) is 1. The summed E-state index contributed by atoms with van der Waals surface area (Å²) in [5.41, 5.74) is 2.22. The van der Waals surface area contributed by atoms with E-state index in [1.807, 2.05) is 32.0 Å². The fourth-order valence-electron chi connectivity index (χ4n) is 2.56. The summed E-state index contributed by atoms with van der Waals surface area (Å²) < 4.78 is 11.2. The van der Waals surface area contributed by atoms with Gasteiger partial charge in [0, 0.05) is 19.1 Å². The molecule has 2 unspecified atom stereocenters. The van der Waals surface area contributed by atoms with Gasteiger partial charge in [-0.05, 0) is 31.9 Å². The molecule has 0 bridgehead atoms. The SMILES string of the molecule is Cc1cccc(C)c1OCC(O)CN1CCOCC1C. The van der Waals surface area contributed by atoms with Crippen LogP contribution in [-0.2, 0) is 4.74 Å². The summed E-state index contributed by atoms with van der Waals surface area (Å²) in [5.74, 6) is 0.890. The molecular formula is C16H25NO3. The van der Waals surface area contributed by atoms with E-state index in [1.54, 1.807) is 0 Å². The van der Waals surface area contributed by atoms with Crippen LogP contribution in [0.15, 0.2) is 18.2 Å². The molecule has 0 radical (unpaired) electrons. The van der Waals surface area contributed by atoms with E-state index in [4.69, 9.17) is 9.47 Å². The smallest absolute Gasteiger partial charge is 0.125 e. The van der Waals surface area contributed by atoms with Gasteiger partial charge in [-0.25, -0.2) is 0 Å². The lowest BCUT2D eigenvalue weighted by Gasteiger charge is -2.34. The second-order valence-electron chi connectivity index (χ2n) is 5.60. The van der Waals surface area contributed by atoms with Gasteiger partial charge in [-0.2, -0.15) is 0 Å². The minimum absolute atomic E-state index is 0.329. The number of para-hydroxylation sites is 1. The van der Waals surface area contributed by atoms with Crippen molar-refractivity contribution in [1.29, 1.82) is 0 Å². The third-order valence-corrected chi connectivity index (χ3v) is 3.78. The van der Waals surface area contributed by atoms with E-state index in [-0.39, 0.29) is 0 Å². The molecule has 1 fully saturated rings. The summed E-state index contributed by atoms with van der Waals surface area (Å²) in [6, 6.07) is 6.43. The first-order valence-electron chi connectivity index (χ1n) is 7.27. The Morgan fingerprint density at radius 3 is 2.75 bits per heavy atom. The summed E-state index contributed by atoms with van der Waals surface area (Å²) >= 11 is 0. The van der Waals surface area contributed by atoms with E-state index >= 15 is 0 Å². The maximum atomic E-state index is 10.2. The molecule has 2 rings (SSSR count). The van der Waals surface area contributed by atoms with E-state index in [0.29, 0.717) is 19.2 Å². The zero-order valence-corrected chi connectivity index (χ0v) is 12.6. The molecule has 1 N–H and O–H groups in total. The minimum atomic E-state index is -0.477. The highest BCUT2D eigenvalue weighted by Gasteiger charge is 2.21. The molecule has 0 aliphatic carbocycles. The predicted octanol–water partition coefficient (Wildman–Crippen LogP) is 1.76. The van der Waals surface area contributed by atoms with Gasteiger partial charge in [0.25, 0.3) is 0 Å². The van der Waals surface area contributed by atoms with E-state index < -0.39 is 6.10 Å². The van der Waals surface area contributed by atoms with Crippen molar-refractivity contribution in [2.24, 2.45) is 0 Å². The number of aryl methyl sites for hydroxylation is 2. The van der Waals surface area contributed by atoms with Crippen molar-refractivity contribution >= 4 is 0 Å². The molecule has 4 nitrogen and oxygen atoms in total. The molecule has 1 aromatic carbocycles. The summed E-state index contributed by atoms with van der Waals surface area (Å²) in [4.78, 5) is 2.25. The molecule has 0 amide bonds. The maximum absolute atomic E-state index is 10.2. The molecule has 4 heteroatoms. The number of aliphatic hydroxyl groups is 1. The molecule has 0 saturated carbocycles. The fourth-order valence-corrected chi connectivity index (χ4v) is 2.56. The van der Waals surface area contributed by atoms with Gasteiger partial charge in [0.2, 0.25) is 0 Å². The molecule has 0 spiro atoms. The third-order valence-electron chi connectivity index (χ3n) is 3.78. The molecule has 2 atom stereocenters. The number of nitrogens with zero attached hydrogens (tertiary/aromatic N) is 1. The van der Waals surface area contributed by atoms with E-state index in [1.165, 1.54) is 0 Å². The number of rotatable bonds is 5.